The monoisotopic (exact) mass is 250 g/mol. The fourth-order valence-electron chi connectivity index (χ4n) is 2.30. The SMILES string of the molecule is CC1Cc2ccc(C(C)(C)CC(=O)O)cc2S1. The van der Waals surface area contributed by atoms with Crippen LogP contribution in [0.15, 0.2) is 23.1 Å². The zero-order chi connectivity index (χ0) is 12.6. The van der Waals surface area contributed by atoms with Crippen LogP contribution in [0.25, 0.3) is 0 Å². The van der Waals surface area contributed by atoms with Crippen LogP contribution < -0.4 is 0 Å². The number of thioether (sulfide) groups is 1. The van der Waals surface area contributed by atoms with E-state index in [4.69, 9.17) is 5.11 Å². The minimum absolute atomic E-state index is 0.173. The first-order chi connectivity index (χ1) is 7.88. The average Bonchev–Trinajstić information content (AvgIpc) is 2.54. The molecule has 0 bridgehead atoms. The molecule has 1 aromatic carbocycles. The highest BCUT2D eigenvalue weighted by atomic mass is 32.2. The Hall–Kier alpha value is -0.960. The Bertz CT molecular complexity index is 452. The predicted molar refractivity (Wildman–Crippen MR) is 70.7 cm³/mol. The van der Waals surface area contributed by atoms with E-state index >= 15 is 0 Å². The van der Waals surface area contributed by atoms with Crippen LogP contribution in [0.5, 0.6) is 0 Å². The zero-order valence-corrected chi connectivity index (χ0v) is 11.3. The molecule has 1 aromatic rings. The van der Waals surface area contributed by atoms with Crippen LogP contribution in [0.2, 0.25) is 0 Å². The summed E-state index contributed by atoms with van der Waals surface area (Å²) in [4.78, 5) is 12.2. The molecular formula is C14H18O2S. The Kier molecular flexibility index (Phi) is 3.21. The number of benzene rings is 1. The maximum atomic E-state index is 10.9. The molecule has 0 spiro atoms. The molecule has 92 valence electrons. The first-order valence-corrected chi connectivity index (χ1v) is 6.78. The largest absolute Gasteiger partial charge is 0.481 e. The van der Waals surface area contributed by atoms with Crippen LogP contribution in [-0.4, -0.2) is 16.3 Å². The molecule has 0 saturated heterocycles. The van der Waals surface area contributed by atoms with Gasteiger partial charge in [-0.1, -0.05) is 32.9 Å². The lowest BCUT2D eigenvalue weighted by atomic mass is 9.81. The van der Waals surface area contributed by atoms with E-state index in [0.29, 0.717) is 5.25 Å². The number of carbonyl (C=O) groups is 1. The Labute approximate surface area is 106 Å². The molecule has 0 amide bonds. The number of carboxylic acid groups (broad SMARTS) is 1. The number of fused-ring (bicyclic) bond motifs is 1. The fraction of sp³-hybridized carbons (Fsp3) is 0.500. The summed E-state index contributed by atoms with van der Waals surface area (Å²) in [6, 6.07) is 6.41. The molecule has 0 aromatic heterocycles. The summed E-state index contributed by atoms with van der Waals surface area (Å²) in [6.45, 7) is 6.21. The molecule has 2 rings (SSSR count). The standard InChI is InChI=1S/C14H18O2S/c1-9-6-10-4-5-11(7-12(10)17-9)14(2,3)8-13(15)16/h4-5,7,9H,6,8H2,1-3H3,(H,15,16). The smallest absolute Gasteiger partial charge is 0.304 e. The molecule has 3 heteroatoms. The van der Waals surface area contributed by atoms with Crippen LogP contribution >= 0.6 is 11.8 Å². The number of hydrogen-bond acceptors (Lipinski definition) is 2. The maximum absolute atomic E-state index is 10.9. The number of carboxylic acids is 1. The van der Waals surface area contributed by atoms with Crippen molar-refractivity contribution in [2.24, 2.45) is 0 Å². The summed E-state index contributed by atoms with van der Waals surface area (Å²) < 4.78 is 0. The van der Waals surface area contributed by atoms with E-state index in [-0.39, 0.29) is 11.8 Å². The van der Waals surface area contributed by atoms with Crippen molar-refractivity contribution < 1.29 is 9.90 Å². The number of aliphatic carboxylic acids is 1. The molecule has 2 nitrogen and oxygen atoms in total. The molecule has 0 aliphatic carbocycles. The normalized spacial score (nSPS) is 19.1. The van der Waals surface area contributed by atoms with E-state index in [0.717, 1.165) is 12.0 Å². The molecule has 17 heavy (non-hydrogen) atoms. The number of hydrogen-bond donors (Lipinski definition) is 1. The minimum atomic E-state index is -0.739. The predicted octanol–water partition coefficient (Wildman–Crippen LogP) is 3.48. The minimum Gasteiger partial charge on any atom is -0.481 e. The summed E-state index contributed by atoms with van der Waals surface area (Å²) in [5.74, 6) is -0.739. The number of rotatable bonds is 3. The highest BCUT2D eigenvalue weighted by molar-refractivity contribution is 8.00. The molecule has 0 radical (unpaired) electrons. The van der Waals surface area contributed by atoms with Crippen molar-refractivity contribution in [2.45, 2.75) is 49.2 Å². The van der Waals surface area contributed by atoms with Gasteiger partial charge in [-0.05, 0) is 23.6 Å². The first kappa shape index (κ1) is 12.5. The van der Waals surface area contributed by atoms with Gasteiger partial charge in [-0.2, -0.15) is 0 Å². The highest BCUT2D eigenvalue weighted by Crippen LogP contribution is 2.39. The maximum Gasteiger partial charge on any atom is 0.304 e. The average molecular weight is 250 g/mol. The molecule has 0 saturated carbocycles. The van der Waals surface area contributed by atoms with Crippen LogP contribution in [0.1, 0.15) is 38.3 Å². The van der Waals surface area contributed by atoms with Crippen molar-refractivity contribution in [1.82, 2.24) is 0 Å². The van der Waals surface area contributed by atoms with Crippen molar-refractivity contribution >= 4 is 17.7 Å². The summed E-state index contributed by atoms with van der Waals surface area (Å²) in [5, 5.41) is 9.58. The molecular weight excluding hydrogens is 232 g/mol. The molecule has 1 heterocycles. The lowest BCUT2D eigenvalue weighted by Crippen LogP contribution is -2.21. The van der Waals surface area contributed by atoms with Gasteiger partial charge in [0.25, 0.3) is 0 Å². The second-order valence-corrected chi connectivity index (χ2v) is 6.89. The van der Waals surface area contributed by atoms with Crippen molar-refractivity contribution in [3.63, 3.8) is 0 Å². The first-order valence-electron chi connectivity index (χ1n) is 5.90. The Morgan fingerprint density at radius 1 is 1.53 bits per heavy atom. The third-order valence-electron chi connectivity index (χ3n) is 3.28. The summed E-state index contributed by atoms with van der Waals surface area (Å²) >= 11 is 1.89. The van der Waals surface area contributed by atoms with Crippen LogP contribution in [-0.2, 0) is 16.6 Å². The van der Waals surface area contributed by atoms with E-state index in [9.17, 15) is 4.79 Å². The molecule has 1 aliphatic rings. The second-order valence-electron chi connectivity index (χ2n) is 5.41. The molecule has 1 aliphatic heterocycles. The van der Waals surface area contributed by atoms with E-state index in [2.05, 4.69) is 25.1 Å². The van der Waals surface area contributed by atoms with E-state index < -0.39 is 5.97 Å². The Morgan fingerprint density at radius 3 is 2.88 bits per heavy atom. The van der Waals surface area contributed by atoms with E-state index in [1.807, 2.05) is 25.6 Å². The van der Waals surface area contributed by atoms with Crippen molar-refractivity contribution in [2.75, 3.05) is 0 Å². The van der Waals surface area contributed by atoms with Gasteiger partial charge in [-0.25, -0.2) is 0 Å². The van der Waals surface area contributed by atoms with Crippen molar-refractivity contribution in [3.05, 3.63) is 29.3 Å². The molecule has 1 unspecified atom stereocenters. The van der Waals surface area contributed by atoms with Gasteiger partial charge in [-0.15, -0.1) is 11.8 Å². The van der Waals surface area contributed by atoms with Gasteiger partial charge in [0, 0.05) is 15.6 Å². The molecule has 1 atom stereocenters. The topological polar surface area (TPSA) is 37.3 Å². The summed E-state index contributed by atoms with van der Waals surface area (Å²) in [6.07, 6.45) is 1.30. The quantitative estimate of drug-likeness (QED) is 0.892. The van der Waals surface area contributed by atoms with E-state index in [1.54, 1.807) is 0 Å². The lowest BCUT2D eigenvalue weighted by molar-refractivity contribution is -0.138. The highest BCUT2D eigenvalue weighted by Gasteiger charge is 2.26. The van der Waals surface area contributed by atoms with Gasteiger partial charge >= 0.3 is 5.97 Å². The zero-order valence-electron chi connectivity index (χ0n) is 10.5. The fourth-order valence-corrected chi connectivity index (χ4v) is 3.50. The van der Waals surface area contributed by atoms with Gasteiger partial charge in [-0.3, -0.25) is 4.79 Å². The van der Waals surface area contributed by atoms with Crippen molar-refractivity contribution in [1.29, 1.82) is 0 Å². The molecule has 1 N–H and O–H groups in total. The van der Waals surface area contributed by atoms with E-state index in [1.165, 1.54) is 10.5 Å². The van der Waals surface area contributed by atoms with Gasteiger partial charge in [0.2, 0.25) is 0 Å². The third-order valence-corrected chi connectivity index (χ3v) is 4.48. The summed E-state index contributed by atoms with van der Waals surface area (Å²) in [7, 11) is 0. The second kappa shape index (κ2) is 4.37. The Morgan fingerprint density at radius 2 is 2.24 bits per heavy atom. The Balaban J connectivity index is 2.29. The third kappa shape index (κ3) is 2.65. The van der Waals surface area contributed by atoms with Gasteiger partial charge < -0.3 is 5.11 Å². The van der Waals surface area contributed by atoms with Gasteiger partial charge in [0.05, 0.1) is 6.42 Å². The lowest BCUT2D eigenvalue weighted by Gasteiger charge is -2.23. The van der Waals surface area contributed by atoms with Crippen LogP contribution in [0, 0.1) is 0 Å². The molecule has 0 fully saturated rings. The summed E-state index contributed by atoms with van der Waals surface area (Å²) in [5.41, 5.74) is 2.23. The van der Waals surface area contributed by atoms with Gasteiger partial charge in [0.15, 0.2) is 0 Å². The van der Waals surface area contributed by atoms with Crippen LogP contribution in [0.3, 0.4) is 0 Å². The van der Waals surface area contributed by atoms with Crippen LogP contribution in [0.4, 0.5) is 0 Å². The van der Waals surface area contributed by atoms with Crippen molar-refractivity contribution in [3.8, 4) is 0 Å². The van der Waals surface area contributed by atoms with Gasteiger partial charge in [0.1, 0.15) is 0 Å².